The first-order valence-electron chi connectivity index (χ1n) is 8.18. The number of benzene rings is 1. The van der Waals surface area contributed by atoms with Gasteiger partial charge in [-0.2, -0.15) is 0 Å². The lowest BCUT2D eigenvalue weighted by atomic mass is 10.1. The maximum Gasteiger partial charge on any atom is 0.335 e. The normalized spacial score (nSPS) is 15.6. The number of hydrogen-bond acceptors (Lipinski definition) is 6. The van der Waals surface area contributed by atoms with Crippen molar-refractivity contribution in [2.75, 3.05) is 31.1 Å². The predicted molar refractivity (Wildman–Crippen MR) is 98.3 cm³/mol. The molecule has 3 heterocycles. The van der Waals surface area contributed by atoms with Crippen LogP contribution in [0.4, 0.5) is 5.82 Å². The first kappa shape index (κ1) is 16.0. The second-order valence-electron chi connectivity index (χ2n) is 6.10. The van der Waals surface area contributed by atoms with Gasteiger partial charge in [0.15, 0.2) is 0 Å². The molecule has 4 rings (SSSR count). The second-order valence-corrected chi connectivity index (χ2v) is 7.00. The number of aromatic nitrogens is 2. The van der Waals surface area contributed by atoms with Gasteiger partial charge in [0.1, 0.15) is 17.0 Å². The van der Waals surface area contributed by atoms with Gasteiger partial charge < -0.3 is 10.0 Å². The van der Waals surface area contributed by atoms with Crippen LogP contribution in [-0.2, 0) is 6.54 Å². The maximum atomic E-state index is 10.9. The standard InChI is InChI=1S/C18H18N4O2S/c23-18(24)14-3-1-13(2-4-14)11-21-6-8-22(9-7-21)16-15-5-10-25-17(15)20-12-19-16/h1-5,10,12H,6-9,11H2,(H,23,24). The molecular formula is C18H18N4O2S. The molecule has 0 radical (unpaired) electrons. The van der Waals surface area contributed by atoms with Crippen LogP contribution in [0.15, 0.2) is 42.0 Å². The lowest BCUT2D eigenvalue weighted by molar-refractivity contribution is 0.0697. The Morgan fingerprint density at radius 2 is 1.84 bits per heavy atom. The molecule has 1 saturated heterocycles. The Morgan fingerprint density at radius 1 is 1.08 bits per heavy atom. The molecule has 0 saturated carbocycles. The molecule has 7 heteroatoms. The lowest BCUT2D eigenvalue weighted by Crippen LogP contribution is -2.46. The number of thiophene rings is 1. The van der Waals surface area contributed by atoms with E-state index in [1.807, 2.05) is 12.1 Å². The summed E-state index contributed by atoms with van der Waals surface area (Å²) in [6.45, 7) is 4.60. The van der Waals surface area contributed by atoms with Crippen molar-refractivity contribution in [2.24, 2.45) is 0 Å². The second kappa shape index (κ2) is 6.78. The number of hydrogen-bond donors (Lipinski definition) is 1. The van der Waals surface area contributed by atoms with E-state index >= 15 is 0 Å². The van der Waals surface area contributed by atoms with E-state index in [2.05, 4.69) is 31.2 Å². The minimum Gasteiger partial charge on any atom is -0.478 e. The fraction of sp³-hybridized carbons (Fsp3) is 0.278. The van der Waals surface area contributed by atoms with E-state index in [0.29, 0.717) is 5.56 Å². The molecule has 1 N–H and O–H groups in total. The zero-order chi connectivity index (χ0) is 17.2. The molecule has 0 unspecified atom stereocenters. The topological polar surface area (TPSA) is 69.6 Å². The number of aromatic carboxylic acids is 1. The fourth-order valence-electron chi connectivity index (χ4n) is 3.16. The molecule has 0 aliphatic carbocycles. The number of anilines is 1. The van der Waals surface area contributed by atoms with Crippen LogP contribution in [0.25, 0.3) is 10.2 Å². The van der Waals surface area contributed by atoms with E-state index in [0.717, 1.165) is 54.3 Å². The van der Waals surface area contributed by atoms with Gasteiger partial charge in [-0.05, 0) is 29.1 Å². The van der Waals surface area contributed by atoms with Crippen LogP contribution in [0, 0.1) is 0 Å². The smallest absolute Gasteiger partial charge is 0.335 e. The number of nitrogens with zero attached hydrogens (tertiary/aromatic N) is 4. The number of carboxylic acid groups (broad SMARTS) is 1. The van der Waals surface area contributed by atoms with Gasteiger partial charge in [0.05, 0.1) is 10.9 Å². The number of fused-ring (bicyclic) bond motifs is 1. The summed E-state index contributed by atoms with van der Waals surface area (Å²) < 4.78 is 0. The summed E-state index contributed by atoms with van der Waals surface area (Å²) in [5.41, 5.74) is 1.47. The molecule has 6 nitrogen and oxygen atoms in total. The third-order valence-corrected chi connectivity index (χ3v) is 5.34. The van der Waals surface area contributed by atoms with Crippen molar-refractivity contribution in [2.45, 2.75) is 6.54 Å². The minimum absolute atomic E-state index is 0.331. The summed E-state index contributed by atoms with van der Waals surface area (Å²) in [4.78, 5) is 25.5. The SMILES string of the molecule is O=C(O)c1ccc(CN2CCN(c3ncnc4sccc34)CC2)cc1. The van der Waals surface area contributed by atoms with Crippen LogP contribution in [0.3, 0.4) is 0 Å². The highest BCUT2D eigenvalue weighted by Crippen LogP contribution is 2.27. The van der Waals surface area contributed by atoms with Gasteiger partial charge in [-0.1, -0.05) is 12.1 Å². The van der Waals surface area contributed by atoms with Gasteiger partial charge >= 0.3 is 5.97 Å². The van der Waals surface area contributed by atoms with Gasteiger partial charge in [0.2, 0.25) is 0 Å². The Hall–Kier alpha value is -2.51. The molecule has 0 bridgehead atoms. The molecule has 1 aliphatic heterocycles. The highest BCUT2D eigenvalue weighted by molar-refractivity contribution is 7.16. The van der Waals surface area contributed by atoms with Gasteiger partial charge in [0.25, 0.3) is 0 Å². The van der Waals surface area contributed by atoms with E-state index in [-0.39, 0.29) is 0 Å². The van der Waals surface area contributed by atoms with E-state index < -0.39 is 5.97 Å². The predicted octanol–water partition coefficient (Wildman–Crippen LogP) is 2.71. The monoisotopic (exact) mass is 354 g/mol. The van der Waals surface area contributed by atoms with Crippen LogP contribution in [0.2, 0.25) is 0 Å². The molecule has 1 fully saturated rings. The van der Waals surface area contributed by atoms with Crippen molar-refractivity contribution >= 4 is 33.3 Å². The molecule has 2 aromatic heterocycles. The molecule has 0 spiro atoms. The number of carboxylic acids is 1. The largest absolute Gasteiger partial charge is 0.478 e. The molecular weight excluding hydrogens is 336 g/mol. The third kappa shape index (κ3) is 3.33. The summed E-state index contributed by atoms with van der Waals surface area (Å²) in [6.07, 6.45) is 1.64. The zero-order valence-electron chi connectivity index (χ0n) is 13.6. The number of rotatable bonds is 4. The van der Waals surface area contributed by atoms with E-state index in [9.17, 15) is 4.79 Å². The summed E-state index contributed by atoms with van der Waals surface area (Å²) >= 11 is 1.64. The molecule has 128 valence electrons. The summed E-state index contributed by atoms with van der Waals surface area (Å²) in [6, 6.07) is 9.22. The van der Waals surface area contributed by atoms with Crippen LogP contribution < -0.4 is 4.90 Å². The summed E-state index contributed by atoms with van der Waals surface area (Å²) in [7, 11) is 0. The zero-order valence-corrected chi connectivity index (χ0v) is 14.4. The van der Waals surface area contributed by atoms with Gasteiger partial charge in [0, 0.05) is 32.7 Å². The third-order valence-electron chi connectivity index (χ3n) is 4.52. The van der Waals surface area contributed by atoms with Crippen molar-refractivity contribution < 1.29 is 9.90 Å². The average Bonchev–Trinajstić information content (AvgIpc) is 3.12. The van der Waals surface area contributed by atoms with Crippen LogP contribution >= 0.6 is 11.3 Å². The molecule has 3 aromatic rings. The first-order chi connectivity index (χ1) is 12.2. The highest BCUT2D eigenvalue weighted by atomic mass is 32.1. The Morgan fingerprint density at radius 3 is 2.56 bits per heavy atom. The maximum absolute atomic E-state index is 10.9. The quantitative estimate of drug-likeness (QED) is 0.777. The molecule has 1 aromatic carbocycles. The lowest BCUT2D eigenvalue weighted by Gasteiger charge is -2.35. The summed E-state index contributed by atoms with van der Waals surface area (Å²) in [5.74, 6) is 0.140. The first-order valence-corrected chi connectivity index (χ1v) is 9.06. The molecule has 0 atom stereocenters. The van der Waals surface area contributed by atoms with Crippen molar-refractivity contribution in [1.82, 2.24) is 14.9 Å². The van der Waals surface area contributed by atoms with Crippen LogP contribution in [-0.4, -0.2) is 52.1 Å². The minimum atomic E-state index is -0.884. The molecule has 25 heavy (non-hydrogen) atoms. The average molecular weight is 354 g/mol. The molecule has 1 aliphatic rings. The van der Waals surface area contributed by atoms with Crippen molar-refractivity contribution in [3.05, 3.63) is 53.2 Å². The Bertz CT molecular complexity index is 885. The van der Waals surface area contributed by atoms with Gasteiger partial charge in [-0.15, -0.1) is 11.3 Å². The highest BCUT2D eigenvalue weighted by Gasteiger charge is 2.20. The van der Waals surface area contributed by atoms with Gasteiger partial charge in [-0.3, -0.25) is 4.90 Å². The Balaban J connectivity index is 1.40. The van der Waals surface area contributed by atoms with Crippen molar-refractivity contribution in [3.63, 3.8) is 0 Å². The van der Waals surface area contributed by atoms with Crippen LogP contribution in [0.1, 0.15) is 15.9 Å². The van der Waals surface area contributed by atoms with Crippen molar-refractivity contribution in [1.29, 1.82) is 0 Å². The Kier molecular flexibility index (Phi) is 4.33. The van der Waals surface area contributed by atoms with Gasteiger partial charge in [-0.25, -0.2) is 14.8 Å². The van der Waals surface area contributed by atoms with Crippen molar-refractivity contribution in [3.8, 4) is 0 Å². The van der Waals surface area contributed by atoms with E-state index in [1.54, 1.807) is 29.8 Å². The van der Waals surface area contributed by atoms with E-state index in [1.165, 1.54) is 0 Å². The number of carbonyl (C=O) groups is 1. The van der Waals surface area contributed by atoms with Crippen LogP contribution in [0.5, 0.6) is 0 Å². The Labute approximate surface area is 149 Å². The number of piperazine rings is 1. The van der Waals surface area contributed by atoms with E-state index in [4.69, 9.17) is 5.11 Å². The summed E-state index contributed by atoms with van der Waals surface area (Å²) in [5, 5.41) is 12.2. The molecule has 0 amide bonds. The fourth-order valence-corrected chi connectivity index (χ4v) is 3.89.